The van der Waals surface area contributed by atoms with Gasteiger partial charge in [0.25, 0.3) is 11.8 Å². The fourth-order valence-electron chi connectivity index (χ4n) is 7.03. The highest BCUT2D eigenvalue weighted by atomic mass is 32.1. The van der Waals surface area contributed by atoms with Gasteiger partial charge in [0.15, 0.2) is 0 Å². The number of likely N-dealkylation sites (tertiary alicyclic amines) is 1. The molecule has 0 bridgehead atoms. The number of anilines is 1. The Bertz CT molecular complexity index is 1700. The van der Waals surface area contributed by atoms with E-state index in [1.165, 1.54) is 4.90 Å². The number of pyridine rings is 1. The number of aliphatic hydroxyl groups excluding tert-OH is 1. The summed E-state index contributed by atoms with van der Waals surface area (Å²) in [6.07, 6.45) is -8.19. The van der Waals surface area contributed by atoms with Crippen LogP contribution < -0.4 is 14.4 Å². The predicted molar refractivity (Wildman–Crippen MR) is 186 cm³/mol. The van der Waals surface area contributed by atoms with Crippen LogP contribution >= 0.6 is 11.3 Å². The Morgan fingerprint density at radius 1 is 1.02 bits per heavy atom. The molecule has 0 radical (unpaired) electrons. The number of amides is 2. The molecule has 5 rings (SSSR count). The van der Waals surface area contributed by atoms with Crippen LogP contribution in [-0.4, -0.2) is 114 Å². The Morgan fingerprint density at radius 2 is 1.74 bits per heavy atom. The molecule has 4 heterocycles. The first kappa shape index (κ1) is 40.1. The minimum Gasteiger partial charge on any atom is -0.490 e. The van der Waals surface area contributed by atoms with E-state index < -0.39 is 58.4 Å². The van der Waals surface area contributed by atoms with E-state index in [1.54, 1.807) is 0 Å². The molecule has 1 N–H and O–H groups in total. The quantitative estimate of drug-likeness (QED) is 0.210. The number of carbonyl (C=O) groups excluding carboxylic acids is 2. The zero-order valence-electron chi connectivity index (χ0n) is 29.5. The number of para-hydroxylation sites is 2. The van der Waals surface area contributed by atoms with Crippen molar-refractivity contribution in [3.8, 4) is 11.5 Å². The third-order valence-corrected chi connectivity index (χ3v) is 10.7. The van der Waals surface area contributed by atoms with Gasteiger partial charge >= 0.3 is 12.4 Å². The van der Waals surface area contributed by atoms with Gasteiger partial charge in [0, 0.05) is 76.1 Å². The number of rotatable bonds is 13. The average Bonchev–Trinajstić information content (AvgIpc) is 3.63. The van der Waals surface area contributed by atoms with Gasteiger partial charge in [-0.1, -0.05) is 26.0 Å². The number of piperazine rings is 1. The number of hydrogen-bond acceptors (Lipinski definition) is 9. The molecule has 2 aliphatic heterocycles. The number of likely N-dealkylation sites (N-methyl/N-ethyl adjacent to an activating group) is 1. The number of thiophene rings is 1. The highest BCUT2D eigenvalue weighted by Crippen LogP contribution is 2.42. The summed E-state index contributed by atoms with van der Waals surface area (Å²) in [4.78, 5) is 38.4. The van der Waals surface area contributed by atoms with Gasteiger partial charge in [-0.2, -0.15) is 26.3 Å². The molecule has 0 spiro atoms. The molecule has 0 unspecified atom stereocenters. The van der Waals surface area contributed by atoms with E-state index in [9.17, 15) is 41.0 Å². The van der Waals surface area contributed by atoms with Crippen molar-refractivity contribution >= 4 is 28.8 Å². The molecule has 2 fully saturated rings. The van der Waals surface area contributed by atoms with Gasteiger partial charge in [-0.3, -0.25) is 14.6 Å². The summed E-state index contributed by atoms with van der Waals surface area (Å²) in [6, 6.07) is 7.62. The van der Waals surface area contributed by atoms with Crippen LogP contribution in [-0.2, 0) is 17.1 Å². The van der Waals surface area contributed by atoms with Gasteiger partial charge in [0.05, 0.1) is 22.9 Å². The van der Waals surface area contributed by atoms with Crippen molar-refractivity contribution in [1.82, 2.24) is 19.7 Å². The molecule has 17 heteroatoms. The first-order chi connectivity index (χ1) is 25.2. The summed E-state index contributed by atoms with van der Waals surface area (Å²) in [5.41, 5.74) is -3.19. The van der Waals surface area contributed by atoms with Crippen LogP contribution in [0.4, 0.5) is 32.0 Å². The summed E-state index contributed by atoms with van der Waals surface area (Å²) in [6.45, 7) is 7.49. The van der Waals surface area contributed by atoms with Gasteiger partial charge < -0.3 is 34.2 Å². The van der Waals surface area contributed by atoms with Crippen molar-refractivity contribution < 1.29 is 50.5 Å². The van der Waals surface area contributed by atoms with Crippen molar-refractivity contribution in [2.75, 3.05) is 70.5 Å². The van der Waals surface area contributed by atoms with Gasteiger partial charge in [-0.05, 0) is 44.1 Å². The number of alkyl halides is 6. The lowest BCUT2D eigenvalue weighted by molar-refractivity contribution is -0.160. The standard InChI is InChI=1S/C36H43F6N5O5S/c1-3-44(4-2)19-21-51-29-9-6-5-8-28(29)45-15-17-46(18-16-45)33(50)34(52-25-22-31(53-24-25)36(40,41)42)12-7-14-47(30(34)11-20-48)32(49)26-23-43-13-10-27(26)35(37,38)39/h5-6,8-10,13,22-24,30,48H,3-4,7,11-12,14-21H2,1-2H3/t30-,34+/m1/s1. The summed E-state index contributed by atoms with van der Waals surface area (Å²) >= 11 is 0.364. The Hall–Kier alpha value is -4.09. The van der Waals surface area contributed by atoms with Gasteiger partial charge in [0.2, 0.25) is 5.60 Å². The number of carbonyl (C=O) groups is 2. The highest BCUT2D eigenvalue weighted by Gasteiger charge is 2.56. The fourth-order valence-corrected chi connectivity index (χ4v) is 7.71. The molecule has 290 valence electrons. The van der Waals surface area contributed by atoms with Crippen molar-refractivity contribution in [2.24, 2.45) is 0 Å². The van der Waals surface area contributed by atoms with Crippen molar-refractivity contribution in [3.05, 3.63) is 70.2 Å². The number of halogens is 6. The van der Waals surface area contributed by atoms with E-state index >= 15 is 0 Å². The first-order valence-electron chi connectivity index (χ1n) is 17.5. The van der Waals surface area contributed by atoms with Crippen LogP contribution in [0.5, 0.6) is 11.5 Å². The van der Waals surface area contributed by atoms with E-state index in [1.807, 2.05) is 24.3 Å². The average molecular weight is 772 g/mol. The smallest absolute Gasteiger partial charge is 0.425 e. The number of nitrogens with zero attached hydrogens (tertiary/aromatic N) is 5. The molecule has 0 aliphatic carbocycles. The molecule has 3 aromatic rings. The molecule has 2 aliphatic rings. The topological polar surface area (TPSA) is 98.7 Å². The molecule has 2 atom stereocenters. The van der Waals surface area contributed by atoms with Crippen LogP contribution in [0.15, 0.2) is 54.2 Å². The lowest BCUT2D eigenvalue weighted by atomic mass is 9.80. The van der Waals surface area contributed by atoms with Crippen LogP contribution in [0.3, 0.4) is 0 Å². The minimum atomic E-state index is -4.90. The number of ether oxygens (including phenoxy) is 2. The Morgan fingerprint density at radius 3 is 2.38 bits per heavy atom. The summed E-state index contributed by atoms with van der Waals surface area (Å²) in [5, 5.41) is 11.3. The van der Waals surface area contributed by atoms with E-state index in [4.69, 9.17) is 9.47 Å². The van der Waals surface area contributed by atoms with E-state index in [0.717, 1.165) is 54.1 Å². The Labute approximate surface area is 307 Å². The fraction of sp³-hybridized carbons (Fsp3) is 0.528. The van der Waals surface area contributed by atoms with Gasteiger partial charge in [-0.15, -0.1) is 11.3 Å². The molecule has 10 nitrogen and oxygen atoms in total. The maximum Gasteiger partial charge on any atom is 0.425 e. The molecule has 2 saturated heterocycles. The summed E-state index contributed by atoms with van der Waals surface area (Å²) in [5.74, 6) is -1.33. The van der Waals surface area contributed by atoms with E-state index in [-0.39, 0.29) is 44.6 Å². The van der Waals surface area contributed by atoms with Crippen LogP contribution in [0.1, 0.15) is 53.9 Å². The van der Waals surface area contributed by atoms with E-state index in [2.05, 4.69) is 28.6 Å². The SMILES string of the molecule is CCN(CC)CCOc1ccccc1N1CCN(C(=O)[C@]2(Oc3csc(C(F)(F)F)c3)CCCN(C(=O)c3cnccc3C(F)(F)F)[C@@H]2CCO)CC1. The molecule has 1 aromatic carbocycles. The molecular formula is C36H43F6N5O5S. The maximum absolute atomic E-state index is 14.8. The molecule has 53 heavy (non-hydrogen) atoms. The summed E-state index contributed by atoms with van der Waals surface area (Å²) in [7, 11) is 0. The van der Waals surface area contributed by atoms with Crippen LogP contribution in [0.2, 0.25) is 0 Å². The third kappa shape index (κ3) is 9.00. The minimum absolute atomic E-state index is 0.0694. The van der Waals surface area contributed by atoms with Gasteiger partial charge in [0.1, 0.15) is 23.0 Å². The second-order valence-electron chi connectivity index (χ2n) is 12.8. The lowest BCUT2D eigenvalue weighted by Gasteiger charge is -2.50. The third-order valence-electron chi connectivity index (χ3n) is 9.73. The molecule has 0 saturated carbocycles. The number of benzene rings is 1. The van der Waals surface area contributed by atoms with Crippen molar-refractivity contribution in [1.29, 1.82) is 0 Å². The second-order valence-corrected chi connectivity index (χ2v) is 13.7. The van der Waals surface area contributed by atoms with Crippen molar-refractivity contribution in [3.63, 3.8) is 0 Å². The first-order valence-corrected chi connectivity index (χ1v) is 18.4. The predicted octanol–water partition coefficient (Wildman–Crippen LogP) is 6.05. The number of hydrogen-bond donors (Lipinski definition) is 1. The molecule has 2 amide bonds. The van der Waals surface area contributed by atoms with Gasteiger partial charge in [-0.25, -0.2) is 0 Å². The van der Waals surface area contributed by atoms with Crippen molar-refractivity contribution in [2.45, 2.75) is 57.1 Å². The molecular weight excluding hydrogens is 728 g/mol. The highest BCUT2D eigenvalue weighted by molar-refractivity contribution is 7.10. The second kappa shape index (κ2) is 16.9. The summed E-state index contributed by atoms with van der Waals surface area (Å²) < 4.78 is 95.3. The normalized spacial score (nSPS) is 19.8. The Balaban J connectivity index is 1.45. The molecule has 2 aromatic heterocycles. The largest absolute Gasteiger partial charge is 0.490 e. The number of piperidine rings is 1. The number of aromatic nitrogens is 1. The Kier molecular flexibility index (Phi) is 12.8. The number of aliphatic hydroxyl groups is 1. The van der Waals surface area contributed by atoms with Crippen LogP contribution in [0, 0.1) is 0 Å². The van der Waals surface area contributed by atoms with E-state index in [0.29, 0.717) is 42.8 Å². The maximum atomic E-state index is 14.8. The zero-order chi connectivity index (χ0) is 38.4. The zero-order valence-corrected chi connectivity index (χ0v) is 30.3. The van der Waals surface area contributed by atoms with Crippen LogP contribution in [0.25, 0.3) is 0 Å². The lowest BCUT2D eigenvalue weighted by Crippen LogP contribution is -2.69. The monoisotopic (exact) mass is 771 g/mol.